The van der Waals surface area contributed by atoms with Crippen LogP contribution >= 0.6 is 11.8 Å². The van der Waals surface area contributed by atoms with Gasteiger partial charge in [-0.15, -0.1) is 6.58 Å². The van der Waals surface area contributed by atoms with Crippen molar-refractivity contribution in [1.82, 2.24) is 4.90 Å². The highest BCUT2D eigenvalue weighted by Gasteiger charge is 2.34. The largest absolute Gasteiger partial charge is 0.493 e. The van der Waals surface area contributed by atoms with Crippen LogP contribution in [0.4, 0.5) is 4.79 Å². The molecule has 0 aliphatic carbocycles. The zero-order chi connectivity index (χ0) is 16.4. The molecular weight excluding hydrogens is 318 g/mol. The number of fused-ring (bicyclic) bond motifs is 1. The van der Waals surface area contributed by atoms with Crippen molar-refractivity contribution in [3.63, 3.8) is 0 Å². The van der Waals surface area contributed by atoms with E-state index < -0.39 is 0 Å². The van der Waals surface area contributed by atoms with Gasteiger partial charge < -0.3 is 14.2 Å². The Kier molecular flexibility index (Phi) is 4.29. The summed E-state index contributed by atoms with van der Waals surface area (Å²) in [4.78, 5) is 25.7. The monoisotopic (exact) mass is 333 g/mol. The molecule has 2 heterocycles. The second-order valence-corrected chi connectivity index (χ2v) is 5.75. The van der Waals surface area contributed by atoms with Gasteiger partial charge in [0.25, 0.3) is 11.1 Å². The fourth-order valence-electron chi connectivity index (χ4n) is 2.26. The van der Waals surface area contributed by atoms with E-state index >= 15 is 0 Å². The van der Waals surface area contributed by atoms with Gasteiger partial charge in [0.05, 0.1) is 11.5 Å². The van der Waals surface area contributed by atoms with Crippen LogP contribution in [0, 0.1) is 0 Å². The van der Waals surface area contributed by atoms with E-state index in [1.807, 2.05) is 6.92 Å². The highest BCUT2D eigenvalue weighted by Crippen LogP contribution is 2.41. The summed E-state index contributed by atoms with van der Waals surface area (Å²) in [7, 11) is 0. The van der Waals surface area contributed by atoms with Crippen LogP contribution in [0.5, 0.6) is 17.2 Å². The molecule has 2 aliphatic rings. The Morgan fingerprint density at radius 2 is 2.09 bits per heavy atom. The summed E-state index contributed by atoms with van der Waals surface area (Å²) in [5.74, 6) is 1.43. The Hall–Kier alpha value is -2.41. The fraction of sp³-hybridized carbons (Fsp3) is 0.250. The van der Waals surface area contributed by atoms with E-state index in [2.05, 4.69) is 6.58 Å². The molecule has 7 heteroatoms. The van der Waals surface area contributed by atoms with Crippen LogP contribution in [0.3, 0.4) is 0 Å². The lowest BCUT2D eigenvalue weighted by Gasteiger charge is -2.10. The van der Waals surface area contributed by atoms with E-state index in [9.17, 15) is 9.59 Å². The van der Waals surface area contributed by atoms with Crippen molar-refractivity contribution in [2.45, 2.75) is 6.92 Å². The second kappa shape index (κ2) is 6.37. The Bertz CT molecular complexity index is 713. The molecule has 120 valence electrons. The van der Waals surface area contributed by atoms with Crippen LogP contribution in [0.25, 0.3) is 6.08 Å². The maximum Gasteiger partial charge on any atom is 0.293 e. The third-order valence-corrected chi connectivity index (χ3v) is 4.18. The number of imide groups is 1. The average Bonchev–Trinajstić information content (AvgIpc) is 3.08. The summed E-state index contributed by atoms with van der Waals surface area (Å²) in [6.07, 6.45) is 3.16. The molecule has 0 spiro atoms. The number of hydrogen-bond donors (Lipinski definition) is 0. The molecule has 0 radical (unpaired) electrons. The molecule has 0 bridgehead atoms. The van der Waals surface area contributed by atoms with Crippen molar-refractivity contribution < 1.29 is 23.8 Å². The summed E-state index contributed by atoms with van der Waals surface area (Å²) in [6, 6.07) is 3.47. The van der Waals surface area contributed by atoms with Crippen molar-refractivity contribution in [3.05, 3.63) is 35.3 Å². The summed E-state index contributed by atoms with van der Waals surface area (Å²) in [5, 5.41) is -0.306. The van der Waals surface area contributed by atoms with Crippen LogP contribution in [0.15, 0.2) is 29.7 Å². The van der Waals surface area contributed by atoms with E-state index in [0.717, 1.165) is 16.7 Å². The molecule has 6 nitrogen and oxygen atoms in total. The van der Waals surface area contributed by atoms with Crippen molar-refractivity contribution >= 4 is 29.0 Å². The number of ether oxygens (including phenoxy) is 3. The highest BCUT2D eigenvalue weighted by atomic mass is 32.2. The predicted molar refractivity (Wildman–Crippen MR) is 86.6 cm³/mol. The molecule has 1 aromatic carbocycles. The van der Waals surface area contributed by atoms with Gasteiger partial charge in [-0.05, 0) is 30.8 Å². The quantitative estimate of drug-likeness (QED) is 0.609. The van der Waals surface area contributed by atoms with Gasteiger partial charge in [0.1, 0.15) is 5.75 Å². The van der Waals surface area contributed by atoms with Gasteiger partial charge in [0.15, 0.2) is 11.5 Å². The minimum atomic E-state index is -0.333. The number of carbonyl (C=O) groups excluding carboxylic acids is 2. The molecule has 0 aromatic heterocycles. The Labute approximate surface area is 137 Å². The van der Waals surface area contributed by atoms with E-state index in [0.29, 0.717) is 34.3 Å². The minimum absolute atomic E-state index is 0.153. The summed E-state index contributed by atoms with van der Waals surface area (Å²) >= 11 is 0.900. The average molecular weight is 333 g/mol. The summed E-state index contributed by atoms with van der Waals surface area (Å²) < 4.78 is 16.3. The molecule has 0 unspecified atom stereocenters. The number of benzene rings is 1. The zero-order valence-corrected chi connectivity index (χ0v) is 13.4. The van der Waals surface area contributed by atoms with Crippen molar-refractivity contribution in [2.75, 3.05) is 19.9 Å². The number of thioether (sulfide) groups is 1. The third kappa shape index (κ3) is 2.92. The van der Waals surface area contributed by atoms with Crippen LogP contribution in [-0.4, -0.2) is 36.0 Å². The van der Waals surface area contributed by atoms with Gasteiger partial charge in [-0.3, -0.25) is 14.5 Å². The van der Waals surface area contributed by atoms with Gasteiger partial charge in [0.2, 0.25) is 6.79 Å². The zero-order valence-electron chi connectivity index (χ0n) is 12.5. The van der Waals surface area contributed by atoms with E-state index in [-0.39, 0.29) is 24.5 Å². The first-order valence-electron chi connectivity index (χ1n) is 7.06. The molecule has 23 heavy (non-hydrogen) atoms. The van der Waals surface area contributed by atoms with Crippen molar-refractivity contribution in [3.8, 4) is 17.2 Å². The first-order chi connectivity index (χ1) is 11.1. The maximum atomic E-state index is 12.3. The molecule has 0 N–H and O–H groups in total. The smallest absolute Gasteiger partial charge is 0.293 e. The standard InChI is InChI=1S/C16H15NO5S/c1-3-5-17-15(18)14(23-16(17)19)7-10-6-12-13(22-9-21-12)8-11(10)20-4-2/h3,6-8H,1,4-5,9H2,2H3/b14-7+. The molecule has 0 saturated carbocycles. The van der Waals surface area contributed by atoms with Crippen LogP contribution in [0.2, 0.25) is 0 Å². The lowest BCUT2D eigenvalue weighted by atomic mass is 10.1. The van der Waals surface area contributed by atoms with Gasteiger partial charge in [-0.2, -0.15) is 0 Å². The predicted octanol–water partition coefficient (Wildman–Crippen LogP) is 3.04. The second-order valence-electron chi connectivity index (χ2n) is 4.76. The molecule has 0 atom stereocenters. The maximum absolute atomic E-state index is 12.3. The number of amides is 2. The highest BCUT2D eigenvalue weighted by molar-refractivity contribution is 8.18. The Morgan fingerprint density at radius 3 is 2.78 bits per heavy atom. The first-order valence-corrected chi connectivity index (χ1v) is 7.88. The van der Waals surface area contributed by atoms with Crippen LogP contribution in [0.1, 0.15) is 12.5 Å². The Morgan fingerprint density at radius 1 is 1.35 bits per heavy atom. The lowest BCUT2D eigenvalue weighted by molar-refractivity contribution is -0.122. The minimum Gasteiger partial charge on any atom is -0.493 e. The van der Waals surface area contributed by atoms with Crippen LogP contribution < -0.4 is 14.2 Å². The Balaban J connectivity index is 1.97. The lowest BCUT2D eigenvalue weighted by Crippen LogP contribution is -2.27. The normalized spacial score (nSPS) is 18.0. The molecular formula is C16H15NO5S. The topological polar surface area (TPSA) is 65.1 Å². The number of hydrogen-bond acceptors (Lipinski definition) is 6. The molecule has 2 aliphatic heterocycles. The number of rotatable bonds is 5. The third-order valence-electron chi connectivity index (χ3n) is 3.28. The first kappa shape index (κ1) is 15.5. The van der Waals surface area contributed by atoms with Crippen molar-refractivity contribution in [2.24, 2.45) is 0 Å². The van der Waals surface area contributed by atoms with Crippen LogP contribution in [-0.2, 0) is 4.79 Å². The van der Waals surface area contributed by atoms with E-state index in [4.69, 9.17) is 14.2 Å². The van der Waals surface area contributed by atoms with E-state index in [1.165, 1.54) is 6.08 Å². The van der Waals surface area contributed by atoms with E-state index in [1.54, 1.807) is 18.2 Å². The number of carbonyl (C=O) groups is 2. The SMILES string of the molecule is C=CCN1C(=O)S/C(=C/c2cc3c(cc2OCC)OCO3)C1=O. The summed E-state index contributed by atoms with van der Waals surface area (Å²) in [6.45, 7) is 6.24. The summed E-state index contributed by atoms with van der Waals surface area (Å²) in [5.41, 5.74) is 0.667. The van der Waals surface area contributed by atoms with Gasteiger partial charge in [-0.25, -0.2) is 0 Å². The fourth-order valence-corrected chi connectivity index (χ4v) is 3.10. The molecule has 2 amide bonds. The molecule has 1 aromatic rings. The molecule has 1 fully saturated rings. The van der Waals surface area contributed by atoms with Gasteiger partial charge >= 0.3 is 0 Å². The molecule has 1 saturated heterocycles. The number of nitrogens with zero attached hydrogens (tertiary/aromatic N) is 1. The van der Waals surface area contributed by atoms with Gasteiger partial charge in [-0.1, -0.05) is 6.08 Å². The van der Waals surface area contributed by atoms with Crippen molar-refractivity contribution in [1.29, 1.82) is 0 Å². The van der Waals surface area contributed by atoms with Gasteiger partial charge in [0, 0.05) is 18.2 Å². The molecule has 3 rings (SSSR count).